The van der Waals surface area contributed by atoms with Crippen molar-refractivity contribution < 1.29 is 4.79 Å². The Labute approximate surface area is 204 Å². The van der Waals surface area contributed by atoms with Crippen LogP contribution in [0.2, 0.25) is 0 Å². The quantitative estimate of drug-likeness (QED) is 0.336. The van der Waals surface area contributed by atoms with Gasteiger partial charge in [0.2, 0.25) is 11.6 Å². The van der Waals surface area contributed by atoms with Gasteiger partial charge >= 0.3 is 0 Å². The lowest BCUT2D eigenvalue weighted by Crippen LogP contribution is -2.24. The van der Waals surface area contributed by atoms with Gasteiger partial charge in [-0.1, -0.05) is 63.3 Å². The molecule has 180 valence electrons. The molecule has 0 saturated heterocycles. The number of tetrazole rings is 1. The minimum Gasteiger partial charge on any atom is -0.290 e. The Morgan fingerprint density at radius 2 is 1.97 bits per heavy atom. The molecule has 1 aromatic carbocycles. The Hall–Kier alpha value is -3.75. The third kappa shape index (κ3) is 5.34. The van der Waals surface area contributed by atoms with Gasteiger partial charge in [0.25, 0.3) is 0 Å². The summed E-state index contributed by atoms with van der Waals surface area (Å²) in [5.41, 5.74) is 3.94. The van der Waals surface area contributed by atoms with E-state index in [1.165, 1.54) is 25.7 Å². The zero-order chi connectivity index (χ0) is 24.0. The maximum absolute atomic E-state index is 13.0. The molecule has 3 aromatic heterocycles. The molecule has 2 unspecified atom stereocenters. The van der Waals surface area contributed by atoms with Gasteiger partial charge in [-0.05, 0) is 51.9 Å². The molecule has 0 aliphatic heterocycles. The predicted octanol–water partition coefficient (Wildman–Crippen LogP) is 4.82. The average molecular weight is 471 g/mol. The van der Waals surface area contributed by atoms with Crippen LogP contribution in [0.3, 0.4) is 0 Å². The molecule has 0 spiro atoms. The summed E-state index contributed by atoms with van der Waals surface area (Å²) in [7, 11) is 0. The molecule has 1 fully saturated rings. The number of pyridine rings is 1. The van der Waals surface area contributed by atoms with Gasteiger partial charge in [0.15, 0.2) is 5.82 Å². The van der Waals surface area contributed by atoms with Crippen LogP contribution in [0.25, 0.3) is 22.5 Å². The van der Waals surface area contributed by atoms with Crippen LogP contribution in [-0.4, -0.2) is 46.6 Å². The van der Waals surface area contributed by atoms with E-state index in [2.05, 4.69) is 72.0 Å². The van der Waals surface area contributed by atoms with Crippen molar-refractivity contribution in [3.05, 3.63) is 59.9 Å². The zero-order valence-corrected chi connectivity index (χ0v) is 19.9. The van der Waals surface area contributed by atoms with Gasteiger partial charge in [-0.3, -0.25) is 14.9 Å². The number of aromatic nitrogens is 8. The second-order valence-electron chi connectivity index (χ2n) is 9.39. The summed E-state index contributed by atoms with van der Waals surface area (Å²) in [6.45, 7) is 2.22. The Balaban J connectivity index is 1.25. The number of H-pyrrole nitrogens is 2. The Morgan fingerprint density at radius 3 is 2.77 bits per heavy atom. The summed E-state index contributed by atoms with van der Waals surface area (Å²) in [6.07, 6.45) is 12.1. The first-order valence-corrected chi connectivity index (χ1v) is 12.4. The average Bonchev–Trinajstić information content (AvgIpc) is 3.61. The monoisotopic (exact) mass is 470 g/mol. The van der Waals surface area contributed by atoms with Crippen molar-refractivity contribution in [1.82, 2.24) is 40.8 Å². The second-order valence-corrected chi connectivity index (χ2v) is 9.39. The van der Waals surface area contributed by atoms with Crippen molar-refractivity contribution in [1.29, 1.82) is 0 Å². The fourth-order valence-corrected chi connectivity index (χ4v) is 5.05. The fourth-order valence-electron chi connectivity index (χ4n) is 5.05. The van der Waals surface area contributed by atoms with Crippen LogP contribution in [0.1, 0.15) is 73.9 Å². The molecule has 0 bridgehead atoms. The van der Waals surface area contributed by atoms with Gasteiger partial charge in [0.1, 0.15) is 5.82 Å². The smallest absolute Gasteiger partial charge is 0.217 e. The molecular formula is C26H30N8O. The van der Waals surface area contributed by atoms with E-state index >= 15 is 0 Å². The number of unbranched alkanes of at least 4 members (excludes halogenated alkanes) is 1. The van der Waals surface area contributed by atoms with E-state index in [1.807, 2.05) is 6.07 Å². The van der Waals surface area contributed by atoms with E-state index in [0.29, 0.717) is 29.8 Å². The maximum Gasteiger partial charge on any atom is 0.217 e. The summed E-state index contributed by atoms with van der Waals surface area (Å²) in [5.74, 6) is 2.43. The lowest BCUT2D eigenvalue weighted by Gasteiger charge is -2.27. The Morgan fingerprint density at radius 1 is 1.09 bits per heavy atom. The lowest BCUT2D eigenvalue weighted by molar-refractivity contribution is 0.0848. The third-order valence-electron chi connectivity index (χ3n) is 6.93. The van der Waals surface area contributed by atoms with E-state index in [4.69, 9.17) is 0 Å². The minimum atomic E-state index is 0.0580. The largest absolute Gasteiger partial charge is 0.290 e. The van der Waals surface area contributed by atoms with E-state index in [-0.39, 0.29) is 11.7 Å². The molecule has 1 aliphatic rings. The van der Waals surface area contributed by atoms with Crippen LogP contribution in [-0.2, 0) is 6.42 Å². The summed E-state index contributed by atoms with van der Waals surface area (Å²) in [4.78, 5) is 21.8. The zero-order valence-electron chi connectivity index (χ0n) is 19.9. The number of nitrogens with one attached hydrogen (secondary N) is 2. The standard InChI is InChI=1S/C26H30N8O/c1-2-3-5-17-6-4-7-20(14-17)24(35)26-28-23(29-30-26)15-18-8-10-19(11-9-18)21-12-13-27-16-22(21)25-31-33-34-32-25/h8-13,16-17,20H,2-7,14-15H2,1H3,(H,28,29,30)(H,31,32,33,34). The van der Waals surface area contributed by atoms with Crippen molar-refractivity contribution in [2.24, 2.45) is 11.8 Å². The van der Waals surface area contributed by atoms with E-state index in [0.717, 1.165) is 41.5 Å². The van der Waals surface area contributed by atoms with Gasteiger partial charge in [-0.2, -0.15) is 5.10 Å². The third-order valence-corrected chi connectivity index (χ3v) is 6.93. The minimum absolute atomic E-state index is 0.0580. The van der Waals surface area contributed by atoms with Crippen LogP contribution in [0.5, 0.6) is 0 Å². The number of rotatable bonds is 9. The van der Waals surface area contributed by atoms with Crippen molar-refractivity contribution in [2.45, 2.75) is 58.3 Å². The molecule has 4 aromatic rings. The molecule has 1 saturated carbocycles. The number of benzene rings is 1. The number of hydrogen-bond acceptors (Lipinski definition) is 7. The van der Waals surface area contributed by atoms with Crippen LogP contribution in [0, 0.1) is 11.8 Å². The van der Waals surface area contributed by atoms with E-state index in [1.54, 1.807) is 12.4 Å². The topological polar surface area (TPSA) is 126 Å². The molecule has 3 heterocycles. The molecule has 9 heteroatoms. The molecule has 35 heavy (non-hydrogen) atoms. The molecule has 5 rings (SSSR count). The SMILES string of the molecule is CCCCC1CCCC(C(=O)c2n[nH]c(Cc3ccc(-c4ccncc4-c4nnn[nH]4)cc3)n2)C1. The first-order chi connectivity index (χ1) is 17.2. The summed E-state index contributed by atoms with van der Waals surface area (Å²) < 4.78 is 0. The normalized spacial score (nSPS) is 18.0. The molecular weight excluding hydrogens is 440 g/mol. The van der Waals surface area contributed by atoms with E-state index < -0.39 is 0 Å². The highest BCUT2D eigenvalue weighted by Gasteiger charge is 2.29. The van der Waals surface area contributed by atoms with Crippen molar-refractivity contribution >= 4 is 5.78 Å². The molecule has 2 atom stereocenters. The molecule has 0 radical (unpaired) electrons. The van der Waals surface area contributed by atoms with Gasteiger partial charge in [-0.25, -0.2) is 10.1 Å². The fraction of sp³-hybridized carbons (Fsp3) is 0.423. The highest BCUT2D eigenvalue weighted by atomic mass is 16.1. The van der Waals surface area contributed by atoms with Crippen molar-refractivity contribution in [3.63, 3.8) is 0 Å². The number of nitrogens with zero attached hydrogens (tertiary/aromatic N) is 6. The molecule has 9 nitrogen and oxygen atoms in total. The summed E-state index contributed by atoms with van der Waals surface area (Å²) in [6, 6.07) is 10.2. The van der Waals surface area contributed by atoms with Gasteiger partial charge in [-0.15, -0.1) is 5.10 Å². The van der Waals surface area contributed by atoms with Crippen LogP contribution in [0.15, 0.2) is 42.7 Å². The van der Waals surface area contributed by atoms with Gasteiger partial charge < -0.3 is 0 Å². The number of carbonyl (C=O) groups excluding carboxylic acids is 1. The number of aromatic amines is 2. The highest BCUT2D eigenvalue weighted by Crippen LogP contribution is 2.34. The van der Waals surface area contributed by atoms with Crippen LogP contribution in [0.4, 0.5) is 0 Å². The number of Topliss-reactive ketones (excluding diaryl/α,β-unsaturated/α-hetero) is 1. The van der Waals surface area contributed by atoms with Crippen LogP contribution < -0.4 is 0 Å². The van der Waals surface area contributed by atoms with Gasteiger partial charge in [0, 0.05) is 30.3 Å². The number of ketones is 1. The van der Waals surface area contributed by atoms with Crippen LogP contribution >= 0.6 is 0 Å². The lowest BCUT2D eigenvalue weighted by atomic mass is 9.77. The molecule has 1 aliphatic carbocycles. The summed E-state index contributed by atoms with van der Waals surface area (Å²) >= 11 is 0. The maximum atomic E-state index is 13.0. The predicted molar refractivity (Wildman–Crippen MR) is 131 cm³/mol. The molecule has 0 amide bonds. The highest BCUT2D eigenvalue weighted by molar-refractivity contribution is 5.94. The van der Waals surface area contributed by atoms with Gasteiger partial charge in [0.05, 0.1) is 0 Å². The second kappa shape index (κ2) is 10.7. The first kappa shape index (κ1) is 23.0. The number of hydrogen-bond donors (Lipinski definition) is 2. The van der Waals surface area contributed by atoms with E-state index in [9.17, 15) is 4.79 Å². The first-order valence-electron chi connectivity index (χ1n) is 12.4. The van der Waals surface area contributed by atoms with Crippen molar-refractivity contribution in [2.75, 3.05) is 0 Å². The molecule has 2 N–H and O–H groups in total. The Bertz CT molecular complexity index is 1250. The Kier molecular flexibility index (Phi) is 7.02. The number of carbonyl (C=O) groups is 1. The van der Waals surface area contributed by atoms with Crippen molar-refractivity contribution in [3.8, 4) is 22.5 Å². The summed E-state index contributed by atoms with van der Waals surface area (Å²) in [5, 5.41) is 21.4.